The maximum atomic E-state index is 8.63. The van der Waals surface area contributed by atoms with Gasteiger partial charge < -0.3 is 10.5 Å². The van der Waals surface area contributed by atoms with E-state index in [9.17, 15) is 0 Å². The van der Waals surface area contributed by atoms with Crippen LogP contribution in [0.4, 0.5) is 5.69 Å². The lowest BCUT2D eigenvalue weighted by atomic mass is 10.2. The Kier molecular flexibility index (Phi) is 1.82. The summed E-state index contributed by atoms with van der Waals surface area (Å²) in [7, 11) is 0. The molecule has 1 aromatic rings. The van der Waals surface area contributed by atoms with Crippen molar-refractivity contribution < 1.29 is 4.74 Å². The van der Waals surface area contributed by atoms with Crippen LogP contribution in [0.25, 0.3) is 0 Å². The molecule has 0 atom stereocenters. The third kappa shape index (κ3) is 1.73. The molecular formula is C10H10N2O. The highest BCUT2D eigenvalue weighted by Gasteiger charge is 2.23. The van der Waals surface area contributed by atoms with Gasteiger partial charge in [-0.25, -0.2) is 0 Å². The van der Waals surface area contributed by atoms with Crippen LogP contribution >= 0.6 is 0 Å². The third-order valence-corrected chi connectivity index (χ3v) is 1.97. The molecule has 1 aliphatic carbocycles. The molecule has 0 amide bonds. The predicted molar refractivity (Wildman–Crippen MR) is 49.2 cm³/mol. The zero-order valence-electron chi connectivity index (χ0n) is 7.16. The minimum absolute atomic E-state index is 0.368. The molecule has 0 bridgehead atoms. The van der Waals surface area contributed by atoms with Gasteiger partial charge in [-0.2, -0.15) is 5.26 Å². The molecule has 0 saturated heterocycles. The van der Waals surface area contributed by atoms with E-state index in [0.29, 0.717) is 17.4 Å². The first-order valence-corrected chi connectivity index (χ1v) is 4.26. The second kappa shape index (κ2) is 2.98. The van der Waals surface area contributed by atoms with Crippen LogP contribution in [0.15, 0.2) is 18.2 Å². The summed E-state index contributed by atoms with van der Waals surface area (Å²) in [6.07, 6.45) is 2.62. The molecule has 2 rings (SSSR count). The molecule has 1 aliphatic rings. The summed E-state index contributed by atoms with van der Waals surface area (Å²) in [6.45, 7) is 0. The van der Waals surface area contributed by atoms with E-state index in [1.165, 1.54) is 0 Å². The number of ether oxygens (including phenoxy) is 1. The molecule has 1 saturated carbocycles. The average Bonchev–Trinajstić information content (AvgIpc) is 2.89. The summed E-state index contributed by atoms with van der Waals surface area (Å²) in [5.74, 6) is 0.763. The average molecular weight is 174 g/mol. The quantitative estimate of drug-likeness (QED) is 0.694. The first-order valence-electron chi connectivity index (χ1n) is 4.26. The molecule has 13 heavy (non-hydrogen) atoms. The van der Waals surface area contributed by atoms with Crippen LogP contribution < -0.4 is 10.5 Å². The molecule has 0 spiro atoms. The Hall–Kier alpha value is -1.69. The van der Waals surface area contributed by atoms with E-state index in [4.69, 9.17) is 15.7 Å². The van der Waals surface area contributed by atoms with Gasteiger partial charge in [-0.15, -0.1) is 0 Å². The van der Waals surface area contributed by atoms with Crippen molar-refractivity contribution >= 4 is 5.69 Å². The summed E-state index contributed by atoms with van der Waals surface area (Å²) in [5.41, 5.74) is 6.62. The minimum atomic E-state index is 0.368. The molecule has 0 radical (unpaired) electrons. The normalized spacial score (nSPS) is 15.0. The molecule has 0 heterocycles. The van der Waals surface area contributed by atoms with Crippen LogP contribution in [0.2, 0.25) is 0 Å². The molecular weight excluding hydrogens is 164 g/mol. The molecule has 3 heteroatoms. The lowest BCUT2D eigenvalue weighted by Gasteiger charge is -2.05. The van der Waals surface area contributed by atoms with E-state index >= 15 is 0 Å². The first-order chi connectivity index (χ1) is 6.29. The molecule has 1 aromatic carbocycles. The van der Waals surface area contributed by atoms with Crippen molar-refractivity contribution in [3.05, 3.63) is 23.8 Å². The summed E-state index contributed by atoms with van der Waals surface area (Å²) in [4.78, 5) is 0. The first kappa shape index (κ1) is 7.93. The highest BCUT2D eigenvalue weighted by Crippen LogP contribution is 2.28. The number of rotatable bonds is 2. The molecule has 66 valence electrons. The van der Waals surface area contributed by atoms with Crippen LogP contribution in [0.5, 0.6) is 5.75 Å². The van der Waals surface area contributed by atoms with Crippen molar-refractivity contribution in [1.29, 1.82) is 5.26 Å². The Balaban J connectivity index is 2.19. The van der Waals surface area contributed by atoms with Crippen molar-refractivity contribution in [1.82, 2.24) is 0 Å². The van der Waals surface area contributed by atoms with Gasteiger partial charge in [0.1, 0.15) is 11.8 Å². The fourth-order valence-corrected chi connectivity index (χ4v) is 1.09. The largest absolute Gasteiger partial charge is 0.490 e. The van der Waals surface area contributed by atoms with Crippen LogP contribution in [-0.4, -0.2) is 6.10 Å². The topological polar surface area (TPSA) is 59.0 Å². The van der Waals surface area contributed by atoms with Crippen LogP contribution in [0, 0.1) is 11.3 Å². The Bertz CT molecular complexity index is 364. The number of benzene rings is 1. The van der Waals surface area contributed by atoms with Crippen molar-refractivity contribution in [3.8, 4) is 11.8 Å². The van der Waals surface area contributed by atoms with Crippen LogP contribution in [0.3, 0.4) is 0 Å². The Morgan fingerprint density at radius 3 is 2.77 bits per heavy atom. The lowest BCUT2D eigenvalue weighted by molar-refractivity contribution is 0.303. The fourth-order valence-electron chi connectivity index (χ4n) is 1.09. The van der Waals surface area contributed by atoms with Crippen LogP contribution in [-0.2, 0) is 0 Å². The zero-order chi connectivity index (χ0) is 9.26. The number of nitrogens with two attached hydrogens (primary N) is 1. The second-order valence-electron chi connectivity index (χ2n) is 3.18. The van der Waals surface area contributed by atoms with Gasteiger partial charge in [0.05, 0.1) is 17.4 Å². The maximum absolute atomic E-state index is 8.63. The van der Waals surface area contributed by atoms with Gasteiger partial charge in [0.25, 0.3) is 0 Å². The van der Waals surface area contributed by atoms with Gasteiger partial charge in [-0.1, -0.05) is 0 Å². The van der Waals surface area contributed by atoms with E-state index in [1.54, 1.807) is 18.2 Å². The van der Waals surface area contributed by atoms with E-state index < -0.39 is 0 Å². The predicted octanol–water partition coefficient (Wildman–Crippen LogP) is 1.68. The van der Waals surface area contributed by atoms with Crippen molar-refractivity contribution in [2.75, 3.05) is 5.73 Å². The molecule has 1 fully saturated rings. The lowest BCUT2D eigenvalue weighted by Crippen LogP contribution is -1.97. The van der Waals surface area contributed by atoms with Crippen LogP contribution in [0.1, 0.15) is 18.4 Å². The molecule has 0 unspecified atom stereocenters. The number of nitriles is 1. The smallest absolute Gasteiger partial charge is 0.121 e. The number of nitrogen functional groups attached to an aromatic ring is 1. The highest BCUT2D eigenvalue weighted by atomic mass is 16.5. The van der Waals surface area contributed by atoms with Gasteiger partial charge in [-0.3, -0.25) is 0 Å². The Labute approximate surface area is 76.7 Å². The van der Waals surface area contributed by atoms with Crippen molar-refractivity contribution in [2.45, 2.75) is 18.9 Å². The van der Waals surface area contributed by atoms with E-state index in [0.717, 1.165) is 18.6 Å². The summed E-state index contributed by atoms with van der Waals surface area (Å²) < 4.78 is 5.52. The SMILES string of the molecule is N#Cc1ccc(OC2CC2)cc1N. The van der Waals surface area contributed by atoms with E-state index in [2.05, 4.69) is 0 Å². The van der Waals surface area contributed by atoms with Gasteiger partial charge >= 0.3 is 0 Å². The van der Waals surface area contributed by atoms with E-state index in [1.807, 2.05) is 6.07 Å². The third-order valence-electron chi connectivity index (χ3n) is 1.97. The Morgan fingerprint density at radius 1 is 1.46 bits per heavy atom. The number of nitrogens with zero attached hydrogens (tertiary/aromatic N) is 1. The molecule has 0 aliphatic heterocycles. The number of hydrogen-bond donors (Lipinski definition) is 1. The van der Waals surface area contributed by atoms with Gasteiger partial charge in [0.15, 0.2) is 0 Å². The highest BCUT2D eigenvalue weighted by molar-refractivity contribution is 5.57. The summed E-state index contributed by atoms with van der Waals surface area (Å²) in [6, 6.07) is 7.19. The van der Waals surface area contributed by atoms with Gasteiger partial charge in [0, 0.05) is 6.07 Å². The van der Waals surface area contributed by atoms with Crippen molar-refractivity contribution in [2.24, 2.45) is 0 Å². The Morgan fingerprint density at radius 2 is 2.23 bits per heavy atom. The monoisotopic (exact) mass is 174 g/mol. The fraction of sp³-hybridized carbons (Fsp3) is 0.300. The minimum Gasteiger partial charge on any atom is -0.490 e. The van der Waals surface area contributed by atoms with E-state index in [-0.39, 0.29) is 0 Å². The molecule has 3 nitrogen and oxygen atoms in total. The number of anilines is 1. The standard InChI is InChI=1S/C10H10N2O/c11-6-7-1-2-9(5-10(7)12)13-8-3-4-8/h1-2,5,8H,3-4,12H2. The molecule has 2 N–H and O–H groups in total. The van der Waals surface area contributed by atoms with Crippen molar-refractivity contribution in [3.63, 3.8) is 0 Å². The maximum Gasteiger partial charge on any atom is 0.121 e. The van der Waals surface area contributed by atoms with Gasteiger partial charge in [0.2, 0.25) is 0 Å². The molecule has 0 aromatic heterocycles. The second-order valence-corrected chi connectivity index (χ2v) is 3.18. The summed E-state index contributed by atoms with van der Waals surface area (Å²) >= 11 is 0. The number of hydrogen-bond acceptors (Lipinski definition) is 3. The van der Waals surface area contributed by atoms with Gasteiger partial charge in [-0.05, 0) is 25.0 Å². The summed E-state index contributed by atoms with van der Waals surface area (Å²) in [5, 5.41) is 8.63. The zero-order valence-corrected chi connectivity index (χ0v) is 7.16.